The molecule has 0 saturated heterocycles. The minimum atomic E-state index is -0.134. The predicted octanol–water partition coefficient (Wildman–Crippen LogP) is 4.48. The summed E-state index contributed by atoms with van der Waals surface area (Å²) in [6, 6.07) is 15.6. The van der Waals surface area contributed by atoms with Crippen molar-refractivity contribution in [3.8, 4) is 0 Å². The van der Waals surface area contributed by atoms with Crippen LogP contribution in [0.3, 0.4) is 0 Å². The molecule has 2 aromatic rings. The summed E-state index contributed by atoms with van der Waals surface area (Å²) in [6.07, 6.45) is 0.368. The first-order valence-electron chi connectivity index (χ1n) is 6.64. The Balaban J connectivity index is 2.09. The predicted molar refractivity (Wildman–Crippen MR) is 84.2 cm³/mol. The average molecular weight is 288 g/mol. The number of para-hydroxylation sites is 1. The molecule has 104 valence electrons. The molecule has 0 fully saturated rings. The smallest absolute Gasteiger partial charge is 0.228 e. The van der Waals surface area contributed by atoms with Gasteiger partial charge in [0.25, 0.3) is 0 Å². The molecule has 0 aliphatic carbocycles. The lowest BCUT2D eigenvalue weighted by atomic mass is 10.1. The Morgan fingerprint density at radius 2 is 1.95 bits per heavy atom. The van der Waals surface area contributed by atoms with E-state index in [1.807, 2.05) is 62.4 Å². The number of hydrogen-bond acceptors (Lipinski definition) is 1. The number of anilines is 1. The normalized spacial score (nSPS) is 11.9. The summed E-state index contributed by atoms with van der Waals surface area (Å²) in [5.41, 5.74) is 3.89. The van der Waals surface area contributed by atoms with Crippen molar-refractivity contribution in [2.75, 3.05) is 5.32 Å². The Bertz CT molecular complexity index is 607. The first-order valence-corrected chi connectivity index (χ1v) is 7.08. The topological polar surface area (TPSA) is 29.1 Å². The highest BCUT2D eigenvalue weighted by Crippen LogP contribution is 2.27. The van der Waals surface area contributed by atoms with Gasteiger partial charge in [-0.2, -0.15) is 0 Å². The third-order valence-electron chi connectivity index (χ3n) is 3.11. The number of amides is 1. The zero-order chi connectivity index (χ0) is 14.5. The van der Waals surface area contributed by atoms with E-state index in [4.69, 9.17) is 11.6 Å². The van der Waals surface area contributed by atoms with Crippen molar-refractivity contribution in [2.24, 2.45) is 0 Å². The third-order valence-corrected chi connectivity index (χ3v) is 3.35. The van der Waals surface area contributed by atoms with E-state index >= 15 is 0 Å². The molecule has 1 unspecified atom stereocenters. The molecule has 0 heterocycles. The van der Waals surface area contributed by atoms with Crippen LogP contribution in [0.2, 0.25) is 0 Å². The van der Waals surface area contributed by atoms with Gasteiger partial charge in [0.05, 0.1) is 11.8 Å². The van der Waals surface area contributed by atoms with Gasteiger partial charge in [0, 0.05) is 5.69 Å². The zero-order valence-electron chi connectivity index (χ0n) is 11.7. The van der Waals surface area contributed by atoms with E-state index in [1.165, 1.54) is 0 Å². The highest BCUT2D eigenvalue weighted by molar-refractivity contribution is 6.21. The number of carbonyl (C=O) groups is 1. The van der Waals surface area contributed by atoms with Crippen molar-refractivity contribution in [3.63, 3.8) is 0 Å². The van der Waals surface area contributed by atoms with Gasteiger partial charge in [-0.1, -0.05) is 48.0 Å². The number of alkyl halides is 1. The second kappa shape index (κ2) is 6.58. The molecule has 0 aromatic heterocycles. The Kier molecular flexibility index (Phi) is 4.80. The van der Waals surface area contributed by atoms with E-state index in [9.17, 15) is 4.79 Å². The van der Waals surface area contributed by atoms with E-state index in [0.29, 0.717) is 6.42 Å². The van der Waals surface area contributed by atoms with Crippen molar-refractivity contribution in [2.45, 2.75) is 25.6 Å². The van der Waals surface area contributed by atoms with Gasteiger partial charge in [0.2, 0.25) is 5.91 Å². The van der Waals surface area contributed by atoms with Gasteiger partial charge in [-0.3, -0.25) is 4.79 Å². The number of benzene rings is 2. The van der Waals surface area contributed by atoms with E-state index in [-0.39, 0.29) is 11.3 Å². The number of hydrogen-bond donors (Lipinski definition) is 1. The van der Waals surface area contributed by atoms with Crippen molar-refractivity contribution in [3.05, 3.63) is 65.2 Å². The Hall–Kier alpha value is -1.80. The maximum absolute atomic E-state index is 12.1. The number of rotatable bonds is 4. The van der Waals surface area contributed by atoms with E-state index in [1.54, 1.807) is 0 Å². The average Bonchev–Trinajstić information content (AvgIpc) is 2.38. The van der Waals surface area contributed by atoms with Crippen LogP contribution in [0.5, 0.6) is 0 Å². The highest BCUT2D eigenvalue weighted by atomic mass is 35.5. The molecule has 2 aromatic carbocycles. The molecule has 0 aliphatic heterocycles. The lowest BCUT2D eigenvalue weighted by Crippen LogP contribution is -2.15. The van der Waals surface area contributed by atoms with Crippen LogP contribution in [0.25, 0.3) is 0 Å². The maximum atomic E-state index is 12.1. The van der Waals surface area contributed by atoms with Crippen molar-refractivity contribution in [1.29, 1.82) is 0 Å². The van der Waals surface area contributed by atoms with Gasteiger partial charge in [-0.05, 0) is 31.0 Å². The van der Waals surface area contributed by atoms with Crippen LogP contribution in [-0.2, 0) is 11.2 Å². The fourth-order valence-electron chi connectivity index (χ4n) is 2.16. The second-order valence-electron chi connectivity index (χ2n) is 4.92. The largest absolute Gasteiger partial charge is 0.325 e. The third kappa shape index (κ3) is 3.84. The fraction of sp³-hybridized carbons (Fsp3) is 0.235. The highest BCUT2D eigenvalue weighted by Gasteiger charge is 2.10. The number of carbonyl (C=O) groups excluding carboxylic acids is 1. The van der Waals surface area contributed by atoms with Crippen LogP contribution >= 0.6 is 11.6 Å². The van der Waals surface area contributed by atoms with Crippen LogP contribution in [0.4, 0.5) is 5.69 Å². The molecule has 0 aliphatic rings. The number of halogens is 1. The van der Waals surface area contributed by atoms with E-state index < -0.39 is 0 Å². The van der Waals surface area contributed by atoms with Crippen LogP contribution in [-0.4, -0.2) is 5.91 Å². The minimum absolute atomic E-state index is 0.0274. The van der Waals surface area contributed by atoms with Gasteiger partial charge in [-0.15, -0.1) is 11.6 Å². The van der Waals surface area contributed by atoms with Crippen molar-refractivity contribution >= 4 is 23.2 Å². The number of aryl methyl sites for hydroxylation is 1. The Morgan fingerprint density at radius 1 is 1.20 bits per heavy atom. The first kappa shape index (κ1) is 14.6. The summed E-state index contributed by atoms with van der Waals surface area (Å²) in [7, 11) is 0. The molecule has 2 nitrogen and oxygen atoms in total. The standard InChI is InChI=1S/C17H18ClNO/c1-12-6-5-7-14(10-12)11-17(20)19-16-9-4-3-8-15(16)13(2)18/h3-10,13H,11H2,1-2H3,(H,19,20). The lowest BCUT2D eigenvalue weighted by Gasteiger charge is -2.12. The van der Waals surface area contributed by atoms with Crippen molar-refractivity contribution < 1.29 is 4.79 Å². The molecule has 20 heavy (non-hydrogen) atoms. The zero-order valence-corrected chi connectivity index (χ0v) is 12.4. The van der Waals surface area contributed by atoms with Crippen LogP contribution in [0.1, 0.15) is 29.0 Å². The minimum Gasteiger partial charge on any atom is -0.325 e. The molecule has 1 N–H and O–H groups in total. The molecule has 3 heteroatoms. The van der Waals surface area contributed by atoms with Gasteiger partial charge in [0.15, 0.2) is 0 Å². The maximum Gasteiger partial charge on any atom is 0.228 e. The van der Waals surface area contributed by atoms with Crippen molar-refractivity contribution in [1.82, 2.24) is 0 Å². The fourth-order valence-corrected chi connectivity index (χ4v) is 2.35. The summed E-state index contributed by atoms with van der Waals surface area (Å²) >= 11 is 6.12. The van der Waals surface area contributed by atoms with E-state index in [0.717, 1.165) is 22.4 Å². The Labute approximate surface area is 124 Å². The van der Waals surface area contributed by atoms with Crippen LogP contribution < -0.4 is 5.32 Å². The van der Waals surface area contributed by atoms with Gasteiger partial charge in [0.1, 0.15) is 0 Å². The molecule has 2 rings (SSSR count). The SMILES string of the molecule is Cc1cccc(CC(=O)Nc2ccccc2C(C)Cl)c1. The van der Waals surface area contributed by atoms with Crippen LogP contribution in [0.15, 0.2) is 48.5 Å². The summed E-state index contributed by atoms with van der Waals surface area (Å²) in [5, 5.41) is 2.80. The first-order chi connectivity index (χ1) is 9.56. The monoisotopic (exact) mass is 287 g/mol. The van der Waals surface area contributed by atoms with Crippen LogP contribution in [0, 0.1) is 6.92 Å². The number of nitrogens with one attached hydrogen (secondary N) is 1. The molecule has 0 saturated carbocycles. The van der Waals surface area contributed by atoms with E-state index in [2.05, 4.69) is 5.32 Å². The molecule has 0 spiro atoms. The van der Waals surface area contributed by atoms with Gasteiger partial charge < -0.3 is 5.32 Å². The quantitative estimate of drug-likeness (QED) is 0.826. The Morgan fingerprint density at radius 3 is 2.65 bits per heavy atom. The van der Waals surface area contributed by atoms with Gasteiger partial charge >= 0.3 is 0 Å². The summed E-state index contributed by atoms with van der Waals surface area (Å²) < 4.78 is 0. The summed E-state index contributed by atoms with van der Waals surface area (Å²) in [6.45, 7) is 3.92. The lowest BCUT2D eigenvalue weighted by molar-refractivity contribution is -0.115. The molecule has 0 radical (unpaired) electrons. The summed E-state index contributed by atoms with van der Waals surface area (Å²) in [5.74, 6) is -0.0274. The van der Waals surface area contributed by atoms with Gasteiger partial charge in [-0.25, -0.2) is 0 Å². The molecule has 0 bridgehead atoms. The summed E-state index contributed by atoms with van der Waals surface area (Å²) in [4.78, 5) is 12.1. The molecular weight excluding hydrogens is 270 g/mol. The molecule has 1 atom stereocenters. The second-order valence-corrected chi connectivity index (χ2v) is 5.57. The molecule has 1 amide bonds. The molecular formula is C17H18ClNO.